The molecule has 0 spiro atoms. The number of benzene rings is 2. The van der Waals surface area contributed by atoms with Crippen molar-refractivity contribution in [1.29, 1.82) is 0 Å². The summed E-state index contributed by atoms with van der Waals surface area (Å²) in [5, 5.41) is 4.39. The standard InChI is InChI=1S/C34H50N6O/c1-7-12-31(39-22-25(3)35-26(4)23-39)32-36-30-16-15-27(21-29(30)33(41)40(32)8-2)24-38-19-17-34(18-20-38,37(5)6)28-13-10-9-11-14-28/h9-11,13-16,21,25-26,31,35H,7-8,12,17-20,22-24H2,1-6H3/t25-,26+,31-/m1/s1. The van der Waals surface area contributed by atoms with E-state index < -0.39 is 0 Å². The molecule has 2 aliphatic heterocycles. The van der Waals surface area contributed by atoms with Crippen LogP contribution in [0.4, 0.5) is 0 Å². The molecule has 3 heterocycles. The molecule has 2 fully saturated rings. The zero-order valence-electron chi connectivity index (χ0n) is 26.1. The van der Waals surface area contributed by atoms with Gasteiger partial charge in [0.05, 0.1) is 16.9 Å². The summed E-state index contributed by atoms with van der Waals surface area (Å²) in [6.45, 7) is 14.3. The summed E-state index contributed by atoms with van der Waals surface area (Å²) in [4.78, 5) is 26.6. The van der Waals surface area contributed by atoms with Gasteiger partial charge in [-0.3, -0.25) is 24.1 Å². The van der Waals surface area contributed by atoms with Gasteiger partial charge in [0.2, 0.25) is 0 Å². The van der Waals surface area contributed by atoms with Gasteiger partial charge in [0, 0.05) is 56.9 Å². The molecule has 0 aliphatic carbocycles. The van der Waals surface area contributed by atoms with Crippen LogP contribution >= 0.6 is 0 Å². The molecule has 1 N–H and O–H groups in total. The van der Waals surface area contributed by atoms with Gasteiger partial charge in [-0.05, 0) is 77.4 Å². The smallest absolute Gasteiger partial charge is 0.261 e. The van der Waals surface area contributed by atoms with Crippen LogP contribution in [0.2, 0.25) is 0 Å². The SMILES string of the molecule is CCC[C@H](c1nc2ccc(CN3CCC(c4ccccc4)(N(C)C)CC3)cc2c(=O)n1CC)N1C[C@@H](C)N[C@@H](C)C1. The Kier molecular flexibility index (Phi) is 9.29. The Hall–Kier alpha value is -2.58. The van der Waals surface area contributed by atoms with Crippen LogP contribution in [-0.2, 0) is 18.6 Å². The summed E-state index contributed by atoms with van der Waals surface area (Å²) in [6.07, 6.45) is 4.24. The average Bonchev–Trinajstić information content (AvgIpc) is 2.96. The number of likely N-dealkylation sites (tertiary alicyclic amines) is 1. The van der Waals surface area contributed by atoms with Gasteiger partial charge in [0.25, 0.3) is 5.56 Å². The molecule has 222 valence electrons. The van der Waals surface area contributed by atoms with Gasteiger partial charge in [-0.25, -0.2) is 4.98 Å². The van der Waals surface area contributed by atoms with Crippen LogP contribution in [0.3, 0.4) is 0 Å². The van der Waals surface area contributed by atoms with E-state index in [0.29, 0.717) is 18.6 Å². The van der Waals surface area contributed by atoms with E-state index in [1.54, 1.807) is 0 Å². The fraction of sp³-hybridized carbons (Fsp3) is 0.588. The molecular weight excluding hydrogens is 508 g/mol. The maximum absolute atomic E-state index is 13.9. The van der Waals surface area contributed by atoms with E-state index in [2.05, 4.69) is 110 Å². The Morgan fingerprint density at radius 3 is 2.32 bits per heavy atom. The normalized spacial score (nSPS) is 22.8. The Morgan fingerprint density at radius 2 is 1.71 bits per heavy atom. The molecule has 0 saturated carbocycles. The quantitative estimate of drug-likeness (QED) is 0.399. The highest BCUT2D eigenvalue weighted by atomic mass is 16.1. The number of hydrogen-bond donors (Lipinski definition) is 1. The number of nitrogens with zero attached hydrogens (tertiary/aromatic N) is 5. The van der Waals surface area contributed by atoms with E-state index in [0.717, 1.165) is 75.1 Å². The maximum Gasteiger partial charge on any atom is 0.261 e. The zero-order chi connectivity index (χ0) is 29.1. The molecule has 0 unspecified atom stereocenters. The third-order valence-electron chi connectivity index (χ3n) is 9.51. The van der Waals surface area contributed by atoms with Crippen LogP contribution in [0.15, 0.2) is 53.3 Å². The van der Waals surface area contributed by atoms with Gasteiger partial charge >= 0.3 is 0 Å². The second kappa shape index (κ2) is 12.7. The van der Waals surface area contributed by atoms with E-state index in [4.69, 9.17) is 4.98 Å². The van der Waals surface area contributed by atoms with Crippen LogP contribution in [0.5, 0.6) is 0 Å². The van der Waals surface area contributed by atoms with Gasteiger partial charge in [0.1, 0.15) is 5.82 Å². The minimum atomic E-state index is 0.0748. The third kappa shape index (κ3) is 6.14. The highest BCUT2D eigenvalue weighted by Crippen LogP contribution is 2.37. The van der Waals surface area contributed by atoms with Gasteiger partial charge in [0.15, 0.2) is 0 Å². The first-order valence-electron chi connectivity index (χ1n) is 15.7. The molecular formula is C34H50N6O. The molecule has 7 heteroatoms. The predicted octanol–water partition coefficient (Wildman–Crippen LogP) is 4.99. The van der Waals surface area contributed by atoms with Crippen molar-refractivity contribution in [3.8, 4) is 0 Å². The van der Waals surface area contributed by atoms with Crippen molar-refractivity contribution >= 4 is 10.9 Å². The van der Waals surface area contributed by atoms with E-state index in [9.17, 15) is 4.79 Å². The molecule has 1 aromatic heterocycles. The summed E-state index contributed by atoms with van der Waals surface area (Å²) >= 11 is 0. The molecule has 2 aliphatic rings. The topological polar surface area (TPSA) is 56.6 Å². The highest BCUT2D eigenvalue weighted by Gasteiger charge is 2.38. The summed E-state index contributed by atoms with van der Waals surface area (Å²) in [5.74, 6) is 0.929. The summed E-state index contributed by atoms with van der Waals surface area (Å²) in [5.41, 5.74) is 3.60. The monoisotopic (exact) mass is 558 g/mol. The first kappa shape index (κ1) is 29.9. The van der Waals surface area contributed by atoms with E-state index in [1.807, 2.05) is 4.57 Å². The molecule has 0 amide bonds. The number of piperazine rings is 1. The van der Waals surface area contributed by atoms with E-state index in [1.165, 1.54) is 11.1 Å². The molecule has 3 aromatic rings. The fourth-order valence-electron chi connectivity index (χ4n) is 7.40. The van der Waals surface area contributed by atoms with Gasteiger partial charge in [-0.1, -0.05) is 49.7 Å². The largest absolute Gasteiger partial charge is 0.309 e. The highest BCUT2D eigenvalue weighted by molar-refractivity contribution is 5.78. The molecule has 5 rings (SSSR count). The lowest BCUT2D eigenvalue weighted by Gasteiger charge is -2.46. The average molecular weight is 559 g/mol. The number of fused-ring (bicyclic) bond motifs is 1. The van der Waals surface area contributed by atoms with E-state index in [-0.39, 0.29) is 17.1 Å². The lowest BCUT2D eigenvalue weighted by Crippen LogP contribution is -2.55. The van der Waals surface area contributed by atoms with Gasteiger partial charge < -0.3 is 5.32 Å². The fourth-order valence-corrected chi connectivity index (χ4v) is 7.40. The Morgan fingerprint density at radius 1 is 1.02 bits per heavy atom. The number of hydrogen-bond acceptors (Lipinski definition) is 6. The van der Waals surface area contributed by atoms with Crippen LogP contribution in [0.1, 0.15) is 76.4 Å². The molecule has 0 radical (unpaired) electrons. The number of nitrogens with one attached hydrogen (secondary N) is 1. The van der Waals surface area contributed by atoms with Crippen LogP contribution in [-0.4, -0.2) is 76.6 Å². The van der Waals surface area contributed by atoms with Crippen molar-refractivity contribution in [3.63, 3.8) is 0 Å². The predicted molar refractivity (Wildman–Crippen MR) is 169 cm³/mol. The van der Waals surface area contributed by atoms with Crippen molar-refractivity contribution in [2.75, 3.05) is 40.3 Å². The third-order valence-corrected chi connectivity index (χ3v) is 9.51. The first-order valence-corrected chi connectivity index (χ1v) is 15.7. The van der Waals surface area contributed by atoms with Crippen molar-refractivity contribution in [2.45, 2.75) is 90.1 Å². The second-order valence-corrected chi connectivity index (χ2v) is 12.7. The minimum Gasteiger partial charge on any atom is -0.309 e. The van der Waals surface area contributed by atoms with Gasteiger partial charge in [-0.15, -0.1) is 0 Å². The lowest BCUT2D eigenvalue weighted by molar-refractivity contribution is 0.0507. The van der Waals surface area contributed by atoms with Crippen molar-refractivity contribution in [1.82, 2.24) is 29.6 Å². The first-order chi connectivity index (χ1) is 19.8. The number of piperidine rings is 1. The molecule has 2 saturated heterocycles. The Bertz CT molecular complexity index is 1350. The zero-order valence-corrected chi connectivity index (χ0v) is 26.1. The molecule has 41 heavy (non-hydrogen) atoms. The molecule has 7 nitrogen and oxygen atoms in total. The van der Waals surface area contributed by atoms with Gasteiger partial charge in [-0.2, -0.15) is 0 Å². The Labute approximate surface area is 246 Å². The minimum absolute atomic E-state index is 0.0748. The number of rotatable bonds is 9. The molecule has 2 aromatic carbocycles. The second-order valence-electron chi connectivity index (χ2n) is 12.7. The molecule has 0 bridgehead atoms. The van der Waals surface area contributed by atoms with Crippen molar-refractivity contribution in [3.05, 3.63) is 75.8 Å². The van der Waals surface area contributed by atoms with Crippen LogP contribution < -0.4 is 10.9 Å². The summed E-state index contributed by atoms with van der Waals surface area (Å²) < 4.78 is 1.94. The maximum atomic E-state index is 13.9. The van der Waals surface area contributed by atoms with Crippen molar-refractivity contribution in [2.24, 2.45) is 0 Å². The van der Waals surface area contributed by atoms with Crippen LogP contribution in [0, 0.1) is 0 Å². The number of aromatic nitrogens is 2. The van der Waals surface area contributed by atoms with Crippen LogP contribution in [0.25, 0.3) is 10.9 Å². The Balaban J connectivity index is 1.38. The van der Waals surface area contributed by atoms with E-state index >= 15 is 0 Å². The summed E-state index contributed by atoms with van der Waals surface area (Å²) in [6, 6.07) is 18.3. The summed E-state index contributed by atoms with van der Waals surface area (Å²) in [7, 11) is 4.42. The lowest BCUT2D eigenvalue weighted by atomic mass is 9.79. The molecule has 3 atom stereocenters. The van der Waals surface area contributed by atoms with Crippen molar-refractivity contribution < 1.29 is 0 Å².